The van der Waals surface area contributed by atoms with Crippen LogP contribution < -0.4 is 5.32 Å². The lowest BCUT2D eigenvalue weighted by atomic mass is 10.1. The predicted molar refractivity (Wildman–Crippen MR) is 112 cm³/mol. The van der Waals surface area contributed by atoms with E-state index in [0.717, 1.165) is 33.1 Å². The van der Waals surface area contributed by atoms with E-state index >= 15 is 0 Å². The van der Waals surface area contributed by atoms with Crippen LogP contribution in [0.15, 0.2) is 79.3 Å². The molecule has 0 amide bonds. The zero-order chi connectivity index (χ0) is 19.6. The first-order valence-corrected chi connectivity index (χ1v) is 9.57. The van der Waals surface area contributed by atoms with Gasteiger partial charge in [0.2, 0.25) is 0 Å². The minimum absolute atomic E-state index is 0.00525. The fraction of sp³-hybridized carbons (Fsp3) is 0.130. The number of nitrogens with zero attached hydrogens (tertiary/aromatic N) is 3. The molecule has 0 aliphatic carbocycles. The van der Waals surface area contributed by atoms with Gasteiger partial charge < -0.3 is 9.88 Å². The quantitative estimate of drug-likeness (QED) is 0.450. The Balaban J connectivity index is 1.42. The predicted octanol–water partition coefficient (Wildman–Crippen LogP) is 4.58. The number of halogens is 1. The number of hydrogen-bond acceptors (Lipinski definition) is 3. The summed E-state index contributed by atoms with van der Waals surface area (Å²) in [6.07, 6.45) is 3.68. The molecule has 2 aromatic heterocycles. The van der Waals surface area contributed by atoms with Gasteiger partial charge in [-0.1, -0.05) is 36.4 Å². The molecule has 0 fully saturated rings. The number of para-hydroxylation sites is 2. The smallest absolute Gasteiger partial charge is 0.123 e. The van der Waals surface area contributed by atoms with Crippen LogP contribution in [0.2, 0.25) is 0 Å². The largest absolute Gasteiger partial charge is 0.329 e. The Morgan fingerprint density at radius 2 is 1.90 bits per heavy atom. The average molecular weight is 385 g/mol. The summed E-state index contributed by atoms with van der Waals surface area (Å²) in [6, 6.07) is 21.0. The summed E-state index contributed by atoms with van der Waals surface area (Å²) in [6.45, 7) is 1.38. The third-order valence-corrected chi connectivity index (χ3v) is 5.24. The van der Waals surface area contributed by atoms with E-state index in [4.69, 9.17) is 0 Å². The van der Waals surface area contributed by atoms with E-state index in [1.54, 1.807) is 0 Å². The molecule has 6 heteroatoms. The highest BCUT2D eigenvalue weighted by Crippen LogP contribution is 2.21. The van der Waals surface area contributed by atoms with Crippen molar-refractivity contribution < 1.29 is 4.39 Å². The maximum absolute atomic E-state index is 13.5. The van der Waals surface area contributed by atoms with Crippen LogP contribution in [0.25, 0.3) is 21.9 Å². The van der Waals surface area contributed by atoms with Crippen molar-refractivity contribution in [1.82, 2.24) is 25.1 Å². The van der Waals surface area contributed by atoms with Crippen LogP contribution in [0.4, 0.5) is 4.39 Å². The Bertz CT molecular complexity index is 1260. The summed E-state index contributed by atoms with van der Waals surface area (Å²) in [4.78, 5) is 4.49. The zero-order valence-corrected chi connectivity index (χ0v) is 15.7. The molecule has 2 heterocycles. The third-order valence-electron chi connectivity index (χ3n) is 5.24. The van der Waals surface area contributed by atoms with Gasteiger partial charge in [-0.15, -0.1) is 0 Å². The summed E-state index contributed by atoms with van der Waals surface area (Å²) in [5, 5.41) is 11.8. The van der Waals surface area contributed by atoms with E-state index in [1.165, 1.54) is 12.1 Å². The molecular weight excluding hydrogens is 365 g/mol. The zero-order valence-electron chi connectivity index (χ0n) is 15.7. The number of fused-ring (bicyclic) bond motifs is 2. The molecule has 29 heavy (non-hydrogen) atoms. The molecule has 144 valence electrons. The molecule has 0 saturated heterocycles. The highest BCUT2D eigenvalue weighted by Gasteiger charge is 2.14. The van der Waals surface area contributed by atoms with Gasteiger partial charge in [0, 0.05) is 18.5 Å². The lowest BCUT2D eigenvalue weighted by Crippen LogP contribution is -2.25. The maximum Gasteiger partial charge on any atom is 0.123 e. The Kier molecular flexibility index (Phi) is 4.54. The Morgan fingerprint density at radius 1 is 1.03 bits per heavy atom. The van der Waals surface area contributed by atoms with Crippen molar-refractivity contribution in [1.29, 1.82) is 0 Å². The van der Waals surface area contributed by atoms with Crippen LogP contribution in [0.5, 0.6) is 0 Å². The lowest BCUT2D eigenvalue weighted by Gasteiger charge is -2.20. The van der Waals surface area contributed by atoms with Crippen LogP contribution in [-0.4, -0.2) is 19.7 Å². The Hall–Kier alpha value is -3.51. The summed E-state index contributed by atoms with van der Waals surface area (Å²) >= 11 is 0. The number of imidazole rings is 1. The fourth-order valence-corrected chi connectivity index (χ4v) is 3.67. The van der Waals surface area contributed by atoms with Gasteiger partial charge in [0.15, 0.2) is 0 Å². The first-order valence-electron chi connectivity index (χ1n) is 9.57. The molecule has 5 rings (SSSR count). The maximum atomic E-state index is 13.5. The molecule has 0 saturated carbocycles. The van der Waals surface area contributed by atoms with Crippen LogP contribution in [0.1, 0.15) is 17.2 Å². The summed E-state index contributed by atoms with van der Waals surface area (Å²) in [7, 11) is 0. The number of aromatic amines is 1. The molecule has 0 bridgehead atoms. The van der Waals surface area contributed by atoms with Gasteiger partial charge in [-0.2, -0.15) is 5.10 Å². The molecule has 2 N–H and O–H groups in total. The summed E-state index contributed by atoms with van der Waals surface area (Å²) < 4.78 is 15.6. The van der Waals surface area contributed by atoms with E-state index < -0.39 is 0 Å². The van der Waals surface area contributed by atoms with Gasteiger partial charge in [0.05, 0.1) is 35.1 Å². The molecule has 0 radical (unpaired) electrons. The summed E-state index contributed by atoms with van der Waals surface area (Å²) in [5.41, 5.74) is 5.26. The van der Waals surface area contributed by atoms with Gasteiger partial charge in [0.1, 0.15) is 5.82 Å². The number of benzene rings is 3. The van der Waals surface area contributed by atoms with E-state index in [0.29, 0.717) is 13.1 Å². The molecule has 1 unspecified atom stereocenters. The fourth-order valence-electron chi connectivity index (χ4n) is 3.67. The molecular formula is C23H20FN5. The number of hydrogen-bond donors (Lipinski definition) is 2. The molecule has 3 aromatic carbocycles. The number of aromatic nitrogens is 4. The van der Waals surface area contributed by atoms with E-state index in [-0.39, 0.29) is 11.9 Å². The minimum atomic E-state index is -0.231. The van der Waals surface area contributed by atoms with Crippen molar-refractivity contribution in [3.05, 3.63) is 96.2 Å². The van der Waals surface area contributed by atoms with Gasteiger partial charge in [-0.25, -0.2) is 9.37 Å². The van der Waals surface area contributed by atoms with Gasteiger partial charge in [-0.3, -0.25) is 5.10 Å². The molecule has 0 aliphatic rings. The van der Waals surface area contributed by atoms with E-state index in [2.05, 4.69) is 49.3 Å². The van der Waals surface area contributed by atoms with Crippen molar-refractivity contribution in [3.8, 4) is 0 Å². The monoisotopic (exact) mass is 385 g/mol. The van der Waals surface area contributed by atoms with Crippen LogP contribution in [-0.2, 0) is 13.1 Å². The van der Waals surface area contributed by atoms with Gasteiger partial charge >= 0.3 is 0 Å². The summed E-state index contributed by atoms with van der Waals surface area (Å²) in [5.74, 6) is -0.231. The Morgan fingerprint density at radius 3 is 2.79 bits per heavy atom. The SMILES string of the molecule is Fc1ccc(C(Cn2cnc3ccccc32)NCc2ccc3cn[nH]c3c2)cc1. The molecule has 5 aromatic rings. The molecule has 0 aliphatic heterocycles. The highest BCUT2D eigenvalue weighted by atomic mass is 19.1. The van der Waals surface area contributed by atoms with E-state index in [9.17, 15) is 4.39 Å². The van der Waals surface area contributed by atoms with Crippen LogP contribution in [0, 0.1) is 5.82 Å². The Labute approximate surface area is 167 Å². The average Bonchev–Trinajstić information content (AvgIpc) is 3.38. The second-order valence-corrected chi connectivity index (χ2v) is 7.16. The first kappa shape index (κ1) is 17.6. The third kappa shape index (κ3) is 3.62. The van der Waals surface area contributed by atoms with Crippen molar-refractivity contribution in [2.75, 3.05) is 0 Å². The van der Waals surface area contributed by atoms with Crippen LogP contribution in [0.3, 0.4) is 0 Å². The van der Waals surface area contributed by atoms with Crippen molar-refractivity contribution >= 4 is 21.9 Å². The topological polar surface area (TPSA) is 58.5 Å². The van der Waals surface area contributed by atoms with Crippen molar-refractivity contribution in [2.45, 2.75) is 19.1 Å². The van der Waals surface area contributed by atoms with Crippen LogP contribution >= 0.6 is 0 Å². The number of H-pyrrole nitrogens is 1. The standard InChI is InChI=1S/C23H20FN5/c24-19-9-7-17(8-10-19)22(14-29-15-26-20-3-1-2-4-23(20)29)25-12-16-5-6-18-13-27-28-21(18)11-16/h1-11,13,15,22,25H,12,14H2,(H,27,28). The minimum Gasteiger partial charge on any atom is -0.329 e. The van der Waals surface area contributed by atoms with Gasteiger partial charge in [0.25, 0.3) is 0 Å². The number of nitrogens with one attached hydrogen (secondary N) is 2. The lowest BCUT2D eigenvalue weighted by molar-refractivity contribution is 0.467. The molecule has 1 atom stereocenters. The van der Waals surface area contributed by atoms with Crippen molar-refractivity contribution in [3.63, 3.8) is 0 Å². The van der Waals surface area contributed by atoms with Crippen molar-refractivity contribution in [2.24, 2.45) is 0 Å². The van der Waals surface area contributed by atoms with Gasteiger partial charge in [-0.05, 0) is 41.5 Å². The second kappa shape index (κ2) is 7.48. The van der Waals surface area contributed by atoms with E-state index in [1.807, 2.05) is 42.9 Å². The number of rotatable bonds is 6. The first-order chi connectivity index (χ1) is 14.3. The highest BCUT2D eigenvalue weighted by molar-refractivity contribution is 5.78. The molecule has 5 nitrogen and oxygen atoms in total. The normalized spacial score (nSPS) is 12.6. The second-order valence-electron chi connectivity index (χ2n) is 7.16. The molecule has 0 spiro atoms.